The summed E-state index contributed by atoms with van der Waals surface area (Å²) in [5.41, 5.74) is 1.79. The highest BCUT2D eigenvalue weighted by molar-refractivity contribution is 5.13. The molecule has 0 heteroatoms. The van der Waals surface area contributed by atoms with Crippen LogP contribution in [0.2, 0.25) is 0 Å². The van der Waals surface area contributed by atoms with Gasteiger partial charge in [-0.3, -0.25) is 0 Å². The molecule has 0 spiro atoms. The summed E-state index contributed by atoms with van der Waals surface area (Å²) >= 11 is 0. The van der Waals surface area contributed by atoms with E-state index in [0.29, 0.717) is 5.92 Å². The predicted molar refractivity (Wildman–Crippen MR) is 78.0 cm³/mol. The quantitative estimate of drug-likeness (QED) is 0.482. The number of rotatable bonds is 0. The molecule has 0 amide bonds. The van der Waals surface area contributed by atoms with Crippen LogP contribution in [0.25, 0.3) is 0 Å². The predicted octanol–water partition coefficient (Wildman–Crippen LogP) is 5.53. The van der Waals surface area contributed by atoms with Crippen molar-refractivity contribution in [2.75, 3.05) is 0 Å². The van der Waals surface area contributed by atoms with E-state index in [2.05, 4.69) is 65.0 Å². The van der Waals surface area contributed by atoms with Gasteiger partial charge in [0, 0.05) is 0 Å². The summed E-state index contributed by atoms with van der Waals surface area (Å²) < 4.78 is 0. The minimum absolute atomic E-state index is 0.285. The van der Waals surface area contributed by atoms with Crippen LogP contribution in [0.5, 0.6) is 0 Å². The Hall–Kier alpha value is -0.780. The van der Waals surface area contributed by atoms with Gasteiger partial charge in [0.2, 0.25) is 0 Å². The zero-order valence-corrected chi connectivity index (χ0v) is 12.2. The van der Waals surface area contributed by atoms with Gasteiger partial charge in [-0.2, -0.15) is 0 Å². The Bertz CT molecular complexity index is 315. The minimum Gasteiger partial charge on any atom is -0.0882 e. The van der Waals surface area contributed by atoms with Gasteiger partial charge in [-0.15, -0.1) is 0 Å². The topological polar surface area (TPSA) is 0 Å². The first-order valence-electron chi connectivity index (χ1n) is 6.92. The Balaban J connectivity index is 2.86. The zero-order valence-electron chi connectivity index (χ0n) is 12.2. The van der Waals surface area contributed by atoms with Gasteiger partial charge in [0.15, 0.2) is 0 Å². The van der Waals surface area contributed by atoms with Crippen LogP contribution >= 0.6 is 0 Å². The van der Waals surface area contributed by atoms with Crippen LogP contribution in [0.4, 0.5) is 0 Å². The van der Waals surface area contributed by atoms with Crippen LogP contribution < -0.4 is 0 Å². The lowest BCUT2D eigenvalue weighted by Crippen LogP contribution is -2.07. The summed E-state index contributed by atoms with van der Waals surface area (Å²) in [6.07, 6.45) is 15.4. The van der Waals surface area contributed by atoms with Crippen LogP contribution in [0, 0.1) is 17.3 Å². The van der Waals surface area contributed by atoms with E-state index < -0.39 is 0 Å². The highest BCUT2D eigenvalue weighted by Crippen LogP contribution is 2.26. The van der Waals surface area contributed by atoms with Crippen molar-refractivity contribution >= 4 is 0 Å². The minimum atomic E-state index is 0.285. The van der Waals surface area contributed by atoms with Crippen molar-refractivity contribution in [2.24, 2.45) is 17.3 Å². The van der Waals surface area contributed by atoms with Crippen LogP contribution in [0.1, 0.15) is 53.9 Å². The normalized spacial score (nSPS) is 37.1. The standard InChI is InChI=1S/C17H28/c1-14-8-6-7-12-17(4,5)13-11-16(3)15(2)10-9-14/h6-7,10-11,13-14,16H,8-9,12H2,1-5H3/b7-6+,13-11+,15-10-/t14-,16+/m1/s1. The van der Waals surface area contributed by atoms with Gasteiger partial charge < -0.3 is 0 Å². The van der Waals surface area contributed by atoms with Crippen LogP contribution in [-0.2, 0) is 0 Å². The van der Waals surface area contributed by atoms with Gasteiger partial charge in [0.05, 0.1) is 0 Å². The molecule has 0 N–H and O–H groups in total. The Morgan fingerprint density at radius 1 is 1.12 bits per heavy atom. The molecule has 96 valence electrons. The Kier molecular flexibility index (Phi) is 5.24. The molecule has 0 aromatic carbocycles. The summed E-state index contributed by atoms with van der Waals surface area (Å²) in [5.74, 6) is 1.34. The maximum Gasteiger partial charge on any atom is -0.00542 e. The van der Waals surface area contributed by atoms with Crippen LogP contribution in [0.3, 0.4) is 0 Å². The fraction of sp³-hybridized carbons (Fsp3) is 0.647. The lowest BCUT2D eigenvalue weighted by Gasteiger charge is -2.20. The van der Waals surface area contributed by atoms with E-state index in [4.69, 9.17) is 0 Å². The van der Waals surface area contributed by atoms with Crippen molar-refractivity contribution in [1.82, 2.24) is 0 Å². The molecule has 0 aliphatic heterocycles. The fourth-order valence-electron chi connectivity index (χ4n) is 2.01. The molecule has 0 nitrogen and oxygen atoms in total. The van der Waals surface area contributed by atoms with Crippen molar-refractivity contribution < 1.29 is 0 Å². The second kappa shape index (κ2) is 6.23. The molecule has 0 unspecified atom stereocenters. The van der Waals surface area contributed by atoms with E-state index >= 15 is 0 Å². The highest BCUT2D eigenvalue weighted by atomic mass is 14.2. The number of hydrogen-bond acceptors (Lipinski definition) is 0. The van der Waals surface area contributed by atoms with Crippen LogP contribution in [0.15, 0.2) is 36.0 Å². The number of hydrogen-bond donors (Lipinski definition) is 0. The van der Waals surface area contributed by atoms with Crippen LogP contribution in [-0.4, -0.2) is 0 Å². The SMILES string of the molecule is C/C1=C/C[C@H](C)C/C=C/CC(C)(C)/C=C/[C@@H]1C. The molecule has 0 heterocycles. The van der Waals surface area contributed by atoms with Crippen molar-refractivity contribution in [3.05, 3.63) is 36.0 Å². The maximum absolute atomic E-state index is 2.42. The first-order valence-corrected chi connectivity index (χ1v) is 6.92. The van der Waals surface area contributed by atoms with E-state index in [1.165, 1.54) is 18.4 Å². The van der Waals surface area contributed by atoms with Crippen molar-refractivity contribution in [2.45, 2.75) is 53.9 Å². The number of allylic oxidation sites excluding steroid dienone is 6. The van der Waals surface area contributed by atoms with Gasteiger partial charge >= 0.3 is 0 Å². The van der Waals surface area contributed by atoms with Gasteiger partial charge in [0.1, 0.15) is 0 Å². The largest absolute Gasteiger partial charge is 0.0882 e. The van der Waals surface area contributed by atoms with E-state index in [1.54, 1.807) is 0 Å². The van der Waals surface area contributed by atoms with Gasteiger partial charge in [-0.25, -0.2) is 0 Å². The molecule has 2 atom stereocenters. The second-order valence-corrected chi connectivity index (χ2v) is 6.34. The fourth-order valence-corrected chi connectivity index (χ4v) is 2.01. The van der Waals surface area contributed by atoms with E-state index in [1.807, 2.05) is 0 Å². The summed E-state index contributed by atoms with van der Waals surface area (Å²) in [4.78, 5) is 0. The molecular weight excluding hydrogens is 204 g/mol. The second-order valence-electron chi connectivity index (χ2n) is 6.34. The average molecular weight is 232 g/mol. The highest BCUT2D eigenvalue weighted by Gasteiger charge is 2.13. The van der Waals surface area contributed by atoms with Gasteiger partial charge in [-0.1, -0.05) is 63.6 Å². The molecule has 1 aliphatic rings. The Morgan fingerprint density at radius 3 is 2.53 bits per heavy atom. The zero-order chi connectivity index (χ0) is 12.9. The lowest BCUT2D eigenvalue weighted by atomic mass is 9.85. The van der Waals surface area contributed by atoms with E-state index in [9.17, 15) is 0 Å². The Labute approximate surface area is 108 Å². The molecule has 0 saturated carbocycles. The molecule has 0 saturated heterocycles. The van der Waals surface area contributed by atoms with E-state index in [0.717, 1.165) is 12.3 Å². The van der Waals surface area contributed by atoms with Crippen molar-refractivity contribution in [1.29, 1.82) is 0 Å². The monoisotopic (exact) mass is 232 g/mol. The molecular formula is C17H28. The van der Waals surface area contributed by atoms with Crippen molar-refractivity contribution in [3.63, 3.8) is 0 Å². The molecule has 0 aromatic rings. The molecule has 0 aromatic heterocycles. The lowest BCUT2D eigenvalue weighted by molar-refractivity contribution is 0.482. The average Bonchev–Trinajstić information content (AvgIpc) is 2.27. The molecule has 1 rings (SSSR count). The molecule has 0 fully saturated rings. The summed E-state index contributed by atoms with van der Waals surface area (Å²) in [6, 6.07) is 0. The summed E-state index contributed by atoms with van der Waals surface area (Å²) in [6.45, 7) is 11.5. The van der Waals surface area contributed by atoms with Gasteiger partial charge in [0.25, 0.3) is 0 Å². The third-order valence-corrected chi connectivity index (χ3v) is 3.75. The Morgan fingerprint density at radius 2 is 1.82 bits per heavy atom. The smallest absolute Gasteiger partial charge is 0.00542 e. The summed E-state index contributed by atoms with van der Waals surface area (Å²) in [7, 11) is 0. The third-order valence-electron chi connectivity index (χ3n) is 3.75. The molecule has 17 heavy (non-hydrogen) atoms. The molecule has 1 aliphatic carbocycles. The first-order chi connectivity index (χ1) is 7.91. The van der Waals surface area contributed by atoms with Crippen molar-refractivity contribution in [3.8, 4) is 0 Å². The van der Waals surface area contributed by atoms with E-state index in [-0.39, 0.29) is 5.41 Å². The molecule has 0 radical (unpaired) electrons. The first kappa shape index (κ1) is 14.3. The maximum atomic E-state index is 2.42. The van der Waals surface area contributed by atoms with Gasteiger partial charge in [-0.05, 0) is 43.4 Å². The third kappa shape index (κ3) is 5.39. The summed E-state index contributed by atoms with van der Waals surface area (Å²) in [5, 5.41) is 0. The molecule has 0 bridgehead atoms.